The quantitative estimate of drug-likeness (QED) is 0.324. The lowest BCUT2D eigenvalue weighted by Crippen LogP contribution is -2.57. The maximum atomic E-state index is 12.6. The molecule has 4 aliphatic heterocycles. The lowest BCUT2D eigenvalue weighted by Gasteiger charge is -2.49. The first-order valence-corrected chi connectivity index (χ1v) is 18.4. The number of amides is 2. The third kappa shape index (κ3) is 8.43. The molecule has 6 fully saturated rings. The third-order valence-electron chi connectivity index (χ3n) is 11.1. The fourth-order valence-corrected chi connectivity index (χ4v) is 9.46. The molecule has 0 N–H and O–H groups in total. The van der Waals surface area contributed by atoms with E-state index in [1.165, 1.54) is 90.4 Å². The smallest absolute Gasteiger partial charge is 0.410 e. The summed E-state index contributed by atoms with van der Waals surface area (Å²) in [7, 11) is 0. The standard InChI is InChI=1S/2C18H32N2O2/c2*1-18(2,3)22-17(21)20-13-7-8-14-15(9-6-10-16(14)20)19-11-4-5-12-19/h2*14-16H,4-13H2,1-3H3/t2*14-,15-,16+/m10/s1. The molecule has 4 heterocycles. The van der Waals surface area contributed by atoms with E-state index in [1.54, 1.807) is 0 Å². The van der Waals surface area contributed by atoms with E-state index in [4.69, 9.17) is 9.47 Å². The van der Waals surface area contributed by atoms with Gasteiger partial charge in [0.15, 0.2) is 0 Å². The second-order valence-corrected chi connectivity index (χ2v) is 16.6. The zero-order valence-corrected chi connectivity index (χ0v) is 29.0. The number of nitrogens with zero attached hydrogens (tertiary/aromatic N) is 4. The predicted octanol–water partition coefficient (Wildman–Crippen LogP) is 7.30. The summed E-state index contributed by atoms with van der Waals surface area (Å²) in [5.41, 5.74) is -0.792. The van der Waals surface area contributed by atoms with Gasteiger partial charge in [0, 0.05) is 37.3 Å². The molecule has 0 radical (unpaired) electrons. The van der Waals surface area contributed by atoms with E-state index in [2.05, 4.69) is 19.6 Å². The van der Waals surface area contributed by atoms with Gasteiger partial charge in [-0.2, -0.15) is 0 Å². The van der Waals surface area contributed by atoms with Gasteiger partial charge in [0.1, 0.15) is 11.2 Å². The van der Waals surface area contributed by atoms with Crippen molar-refractivity contribution < 1.29 is 19.1 Å². The molecule has 2 saturated carbocycles. The van der Waals surface area contributed by atoms with E-state index in [0.717, 1.165) is 38.8 Å². The Kier molecular flexibility index (Phi) is 11.1. The molecule has 6 rings (SSSR count). The van der Waals surface area contributed by atoms with Crippen LogP contribution in [-0.4, -0.2) is 106 Å². The van der Waals surface area contributed by atoms with Crippen molar-refractivity contribution in [2.45, 2.75) is 167 Å². The van der Waals surface area contributed by atoms with Crippen LogP contribution in [0.5, 0.6) is 0 Å². The normalized spacial score (nSPS) is 33.6. The van der Waals surface area contributed by atoms with Crippen molar-refractivity contribution in [2.75, 3.05) is 39.3 Å². The summed E-state index contributed by atoms with van der Waals surface area (Å²) in [5, 5.41) is 0. The second kappa shape index (κ2) is 14.5. The van der Waals surface area contributed by atoms with Crippen molar-refractivity contribution in [3.8, 4) is 0 Å². The number of carbonyl (C=O) groups is 2. The van der Waals surface area contributed by atoms with Gasteiger partial charge < -0.3 is 29.1 Å². The van der Waals surface area contributed by atoms with Crippen LogP contribution >= 0.6 is 0 Å². The fraction of sp³-hybridized carbons (Fsp3) is 0.944. The lowest BCUT2D eigenvalue weighted by molar-refractivity contribution is -0.0265. The number of hydrogen-bond acceptors (Lipinski definition) is 6. The molecule has 6 aliphatic rings. The van der Waals surface area contributed by atoms with Gasteiger partial charge in [-0.25, -0.2) is 9.59 Å². The number of rotatable bonds is 2. The summed E-state index contributed by atoms with van der Waals surface area (Å²) < 4.78 is 11.3. The Hall–Kier alpha value is -1.54. The molecule has 44 heavy (non-hydrogen) atoms. The zero-order chi connectivity index (χ0) is 31.5. The van der Waals surface area contributed by atoms with Crippen LogP contribution in [0, 0.1) is 11.8 Å². The highest BCUT2D eigenvalue weighted by molar-refractivity contribution is 5.69. The zero-order valence-electron chi connectivity index (χ0n) is 29.0. The Labute approximate surface area is 268 Å². The summed E-state index contributed by atoms with van der Waals surface area (Å²) in [5.74, 6) is 1.32. The molecule has 252 valence electrons. The first-order valence-electron chi connectivity index (χ1n) is 18.4. The maximum Gasteiger partial charge on any atom is 0.410 e. The van der Waals surface area contributed by atoms with Crippen molar-refractivity contribution in [2.24, 2.45) is 11.8 Å². The van der Waals surface area contributed by atoms with E-state index >= 15 is 0 Å². The number of likely N-dealkylation sites (tertiary alicyclic amines) is 4. The highest BCUT2D eigenvalue weighted by Gasteiger charge is 2.45. The first-order chi connectivity index (χ1) is 20.9. The van der Waals surface area contributed by atoms with Gasteiger partial charge in [0.2, 0.25) is 0 Å². The number of fused-ring (bicyclic) bond motifs is 2. The fourth-order valence-electron chi connectivity index (χ4n) is 9.46. The molecule has 0 aromatic rings. The Morgan fingerprint density at radius 3 is 1.14 bits per heavy atom. The molecule has 4 saturated heterocycles. The largest absolute Gasteiger partial charge is 0.444 e. The van der Waals surface area contributed by atoms with Crippen molar-refractivity contribution >= 4 is 12.2 Å². The Morgan fingerprint density at radius 1 is 0.455 bits per heavy atom. The van der Waals surface area contributed by atoms with Crippen LogP contribution in [0.4, 0.5) is 9.59 Å². The van der Waals surface area contributed by atoms with Crippen LogP contribution in [0.25, 0.3) is 0 Å². The van der Waals surface area contributed by atoms with Crippen LogP contribution in [-0.2, 0) is 9.47 Å². The average Bonchev–Trinajstić information content (AvgIpc) is 3.70. The summed E-state index contributed by atoms with van der Waals surface area (Å²) in [4.78, 5) is 34.7. The van der Waals surface area contributed by atoms with Gasteiger partial charge >= 0.3 is 12.2 Å². The number of carbonyl (C=O) groups excluding carboxylic acids is 2. The van der Waals surface area contributed by atoms with Crippen molar-refractivity contribution in [3.63, 3.8) is 0 Å². The van der Waals surface area contributed by atoms with E-state index in [0.29, 0.717) is 36.0 Å². The molecule has 8 heteroatoms. The highest BCUT2D eigenvalue weighted by Crippen LogP contribution is 2.41. The Bertz CT molecular complexity index is 873. The van der Waals surface area contributed by atoms with Crippen molar-refractivity contribution in [1.29, 1.82) is 0 Å². The molecule has 2 aliphatic carbocycles. The second-order valence-electron chi connectivity index (χ2n) is 16.6. The minimum atomic E-state index is -0.396. The highest BCUT2D eigenvalue weighted by atomic mass is 16.6. The SMILES string of the molecule is CC(C)(C)OC(=O)N1CCC[C@@H]2[C@H](N3CCCC3)CCC[C@@H]21.CC(C)(C)OC(=O)N1CCC[C@@H]2[C@H]1CCC[C@@H]2N1CCCC1. The molecule has 0 bridgehead atoms. The molecule has 0 spiro atoms. The van der Waals surface area contributed by atoms with E-state index < -0.39 is 11.2 Å². The molecule has 8 nitrogen and oxygen atoms in total. The van der Waals surface area contributed by atoms with E-state index in [1.807, 2.05) is 41.5 Å². The van der Waals surface area contributed by atoms with Gasteiger partial charge in [-0.15, -0.1) is 0 Å². The minimum Gasteiger partial charge on any atom is -0.444 e. The van der Waals surface area contributed by atoms with Gasteiger partial charge in [0.25, 0.3) is 0 Å². The number of piperidine rings is 2. The average molecular weight is 617 g/mol. The monoisotopic (exact) mass is 616 g/mol. The maximum absolute atomic E-state index is 12.6. The van der Waals surface area contributed by atoms with Crippen LogP contribution in [0.2, 0.25) is 0 Å². The molecule has 0 aromatic carbocycles. The topological polar surface area (TPSA) is 65.6 Å². The van der Waals surface area contributed by atoms with Crippen LogP contribution in [0.3, 0.4) is 0 Å². The van der Waals surface area contributed by atoms with Crippen LogP contribution in [0.1, 0.15) is 131 Å². The summed E-state index contributed by atoms with van der Waals surface area (Å²) >= 11 is 0. The van der Waals surface area contributed by atoms with Crippen LogP contribution in [0.15, 0.2) is 0 Å². The van der Waals surface area contributed by atoms with Gasteiger partial charge in [-0.1, -0.05) is 0 Å². The molecular formula is C36H64N4O4. The molecule has 2 amide bonds. The molecular weight excluding hydrogens is 552 g/mol. The summed E-state index contributed by atoms with van der Waals surface area (Å²) in [6.45, 7) is 18.6. The minimum absolute atomic E-state index is 0.0933. The van der Waals surface area contributed by atoms with Gasteiger partial charge in [-0.05, 0) is 169 Å². The van der Waals surface area contributed by atoms with Gasteiger partial charge in [-0.3, -0.25) is 0 Å². The van der Waals surface area contributed by atoms with Crippen molar-refractivity contribution in [1.82, 2.24) is 19.6 Å². The number of ether oxygens (including phenoxy) is 2. The Morgan fingerprint density at radius 2 is 0.795 bits per heavy atom. The van der Waals surface area contributed by atoms with Crippen molar-refractivity contribution in [3.05, 3.63) is 0 Å². The van der Waals surface area contributed by atoms with E-state index in [-0.39, 0.29) is 12.2 Å². The molecule has 0 aromatic heterocycles. The van der Waals surface area contributed by atoms with Gasteiger partial charge in [0.05, 0.1) is 0 Å². The van der Waals surface area contributed by atoms with Crippen LogP contribution < -0.4 is 0 Å². The predicted molar refractivity (Wildman–Crippen MR) is 176 cm³/mol. The first kappa shape index (κ1) is 33.8. The molecule has 0 unspecified atom stereocenters. The Balaban J connectivity index is 0.000000175. The van der Waals surface area contributed by atoms with E-state index in [9.17, 15) is 9.59 Å². The molecule has 6 atom stereocenters. The third-order valence-corrected chi connectivity index (χ3v) is 11.1. The number of hydrogen-bond donors (Lipinski definition) is 0. The lowest BCUT2D eigenvalue weighted by atomic mass is 9.74. The summed E-state index contributed by atoms with van der Waals surface area (Å²) in [6.07, 6.45) is 17.5. The summed E-state index contributed by atoms with van der Waals surface area (Å²) in [6, 6.07) is 2.21.